The Kier molecular flexibility index (Phi) is 7.97. The molecule has 0 atom stereocenters. The van der Waals surface area contributed by atoms with E-state index in [4.69, 9.17) is 0 Å². The third-order valence-corrected chi connectivity index (χ3v) is 7.29. The van der Waals surface area contributed by atoms with Crippen molar-refractivity contribution in [2.75, 3.05) is 0 Å². The van der Waals surface area contributed by atoms with Gasteiger partial charge in [-0.15, -0.1) is 0 Å². The number of rotatable bonds is 7. The predicted octanol–water partition coefficient (Wildman–Crippen LogP) is 7.72. The molecule has 2 saturated carbocycles. The zero-order valence-corrected chi connectivity index (χ0v) is 17.7. The van der Waals surface area contributed by atoms with Crippen molar-refractivity contribution in [1.82, 2.24) is 0 Å². The van der Waals surface area contributed by atoms with Crippen molar-refractivity contribution in [2.24, 2.45) is 5.92 Å². The van der Waals surface area contributed by atoms with E-state index in [0.717, 1.165) is 17.0 Å². The molecule has 1 aromatic carbocycles. The third-order valence-electron chi connectivity index (χ3n) is 7.29. The van der Waals surface area contributed by atoms with Gasteiger partial charge in [0.25, 0.3) is 0 Å². The summed E-state index contributed by atoms with van der Waals surface area (Å²) in [6.07, 6.45) is 17.9. The topological polar surface area (TPSA) is 47.6 Å². The van der Waals surface area contributed by atoms with Crippen LogP contribution in [0.15, 0.2) is 12.1 Å². The molecule has 150 valence electrons. The van der Waals surface area contributed by atoms with E-state index in [0.29, 0.717) is 23.0 Å². The summed E-state index contributed by atoms with van der Waals surface area (Å²) >= 11 is 0. The zero-order valence-electron chi connectivity index (χ0n) is 17.7. The maximum Gasteiger partial charge on any atom is 0.101 e. The fourth-order valence-electron chi connectivity index (χ4n) is 5.59. The first-order valence-corrected chi connectivity index (χ1v) is 11.8. The normalized spacial score (nSPS) is 23.1. The van der Waals surface area contributed by atoms with Gasteiger partial charge in [0.1, 0.15) is 12.1 Å². The van der Waals surface area contributed by atoms with Gasteiger partial charge in [0, 0.05) is 0 Å². The van der Waals surface area contributed by atoms with Crippen LogP contribution < -0.4 is 0 Å². The molecule has 2 aliphatic rings. The van der Waals surface area contributed by atoms with Crippen molar-refractivity contribution < 1.29 is 0 Å². The summed E-state index contributed by atoms with van der Waals surface area (Å²) < 4.78 is 0. The molecule has 3 rings (SSSR count). The Balaban J connectivity index is 1.69. The van der Waals surface area contributed by atoms with Crippen LogP contribution in [0.25, 0.3) is 0 Å². The van der Waals surface area contributed by atoms with E-state index in [1.807, 2.05) is 0 Å². The number of hydrogen-bond donors (Lipinski definition) is 0. The molecular formula is C26H36N2. The lowest BCUT2D eigenvalue weighted by Crippen LogP contribution is -2.16. The van der Waals surface area contributed by atoms with Crippen molar-refractivity contribution in [1.29, 1.82) is 10.5 Å². The van der Waals surface area contributed by atoms with Crippen LogP contribution in [-0.4, -0.2) is 0 Å². The Morgan fingerprint density at radius 3 is 1.86 bits per heavy atom. The Morgan fingerprint density at radius 2 is 1.32 bits per heavy atom. The fourth-order valence-corrected chi connectivity index (χ4v) is 5.59. The smallest absolute Gasteiger partial charge is 0.101 e. The molecule has 0 radical (unpaired) electrons. The molecule has 2 aliphatic carbocycles. The first-order chi connectivity index (χ1) is 13.8. The Hall–Kier alpha value is -1.80. The lowest BCUT2D eigenvalue weighted by atomic mass is 9.74. The quantitative estimate of drug-likeness (QED) is 0.457. The molecule has 0 amide bonds. The number of hydrogen-bond acceptors (Lipinski definition) is 2. The van der Waals surface area contributed by atoms with Gasteiger partial charge < -0.3 is 0 Å². The second-order valence-electron chi connectivity index (χ2n) is 9.12. The minimum atomic E-state index is 0.467. The van der Waals surface area contributed by atoms with E-state index >= 15 is 0 Å². The highest BCUT2D eigenvalue weighted by Crippen LogP contribution is 2.42. The highest BCUT2D eigenvalue weighted by atomic mass is 14.4. The van der Waals surface area contributed by atoms with Crippen molar-refractivity contribution in [2.45, 2.75) is 109 Å². The van der Waals surface area contributed by atoms with Crippen LogP contribution in [0.3, 0.4) is 0 Å². The van der Waals surface area contributed by atoms with Crippen molar-refractivity contribution >= 4 is 0 Å². The van der Waals surface area contributed by atoms with Gasteiger partial charge >= 0.3 is 0 Å². The molecule has 1 aromatic rings. The Bertz CT molecular complexity index is 707. The van der Waals surface area contributed by atoms with Gasteiger partial charge in [-0.1, -0.05) is 70.4 Å². The molecule has 28 heavy (non-hydrogen) atoms. The average Bonchev–Trinajstić information content (AvgIpc) is 2.76. The van der Waals surface area contributed by atoms with Crippen LogP contribution in [0.5, 0.6) is 0 Å². The number of unbranched alkanes of at least 4 members (excludes halogenated alkanes) is 3. The standard InChI is InChI=1S/C26H36N2/c1-2-3-4-6-9-20-12-14-22(15-13-20)24-17-16-23(21-10-7-5-8-11-21)25(18-27)26(24)19-28/h16-17,20-22H,2-15H2,1H3/t20-,22-. The van der Waals surface area contributed by atoms with E-state index in [9.17, 15) is 10.5 Å². The van der Waals surface area contributed by atoms with E-state index in [2.05, 4.69) is 31.2 Å². The van der Waals surface area contributed by atoms with E-state index in [-0.39, 0.29) is 0 Å². The molecule has 0 saturated heterocycles. The molecule has 0 bridgehead atoms. The van der Waals surface area contributed by atoms with Gasteiger partial charge in [-0.2, -0.15) is 10.5 Å². The van der Waals surface area contributed by atoms with Gasteiger partial charge in [-0.25, -0.2) is 0 Å². The van der Waals surface area contributed by atoms with Crippen LogP contribution >= 0.6 is 0 Å². The van der Waals surface area contributed by atoms with Crippen molar-refractivity contribution in [3.63, 3.8) is 0 Å². The summed E-state index contributed by atoms with van der Waals surface area (Å²) in [4.78, 5) is 0. The third kappa shape index (κ3) is 4.97. The summed E-state index contributed by atoms with van der Waals surface area (Å²) in [5, 5.41) is 19.8. The van der Waals surface area contributed by atoms with E-state index < -0.39 is 0 Å². The van der Waals surface area contributed by atoms with Crippen LogP contribution in [0.4, 0.5) is 0 Å². The van der Waals surface area contributed by atoms with Crippen molar-refractivity contribution in [3.05, 3.63) is 34.4 Å². The largest absolute Gasteiger partial charge is 0.192 e. The summed E-state index contributed by atoms with van der Waals surface area (Å²) in [6, 6.07) is 9.25. The van der Waals surface area contributed by atoms with Crippen molar-refractivity contribution in [3.8, 4) is 12.1 Å². The Labute approximate surface area is 172 Å². The first kappa shape index (κ1) is 20.9. The van der Waals surface area contributed by atoms with Crippen LogP contribution in [0.1, 0.15) is 131 Å². The predicted molar refractivity (Wildman–Crippen MR) is 115 cm³/mol. The molecule has 0 spiro atoms. The second kappa shape index (κ2) is 10.7. The molecule has 0 aromatic heterocycles. The first-order valence-electron chi connectivity index (χ1n) is 11.8. The number of nitriles is 2. The Morgan fingerprint density at radius 1 is 0.750 bits per heavy atom. The SMILES string of the molecule is CCCCCC[C@H]1CC[C@H](c2ccc(C3CCCCC3)c(C#N)c2C#N)CC1. The van der Waals surface area contributed by atoms with Gasteiger partial charge in [-0.05, 0) is 67.4 Å². The number of benzene rings is 1. The van der Waals surface area contributed by atoms with Gasteiger partial charge in [0.2, 0.25) is 0 Å². The van der Waals surface area contributed by atoms with Gasteiger partial charge in [0.15, 0.2) is 0 Å². The summed E-state index contributed by atoms with van der Waals surface area (Å²) in [5.74, 6) is 1.81. The molecule has 0 aliphatic heterocycles. The monoisotopic (exact) mass is 376 g/mol. The molecule has 0 unspecified atom stereocenters. The van der Waals surface area contributed by atoms with Crippen LogP contribution in [0.2, 0.25) is 0 Å². The van der Waals surface area contributed by atoms with Crippen LogP contribution in [-0.2, 0) is 0 Å². The highest BCUT2D eigenvalue weighted by Gasteiger charge is 2.27. The average molecular weight is 377 g/mol. The molecular weight excluding hydrogens is 340 g/mol. The van der Waals surface area contributed by atoms with Crippen LogP contribution in [0, 0.1) is 28.6 Å². The molecule has 2 heteroatoms. The second-order valence-corrected chi connectivity index (χ2v) is 9.12. The molecule has 2 fully saturated rings. The summed E-state index contributed by atoms with van der Waals surface area (Å²) in [5.41, 5.74) is 3.68. The van der Waals surface area contributed by atoms with Gasteiger partial charge in [0.05, 0.1) is 11.1 Å². The zero-order chi connectivity index (χ0) is 19.8. The lowest BCUT2D eigenvalue weighted by Gasteiger charge is -2.30. The minimum absolute atomic E-state index is 0.467. The molecule has 2 nitrogen and oxygen atoms in total. The molecule has 0 heterocycles. The highest BCUT2D eigenvalue weighted by molar-refractivity contribution is 5.56. The lowest BCUT2D eigenvalue weighted by molar-refractivity contribution is 0.302. The van der Waals surface area contributed by atoms with E-state index in [1.54, 1.807) is 0 Å². The maximum absolute atomic E-state index is 9.90. The maximum atomic E-state index is 9.90. The fraction of sp³-hybridized carbons (Fsp3) is 0.692. The van der Waals surface area contributed by atoms with Gasteiger partial charge in [-0.3, -0.25) is 0 Å². The molecule has 0 N–H and O–H groups in total. The number of nitrogens with zero attached hydrogens (tertiary/aromatic N) is 2. The van der Waals surface area contributed by atoms with E-state index in [1.165, 1.54) is 89.9 Å². The summed E-state index contributed by atoms with van der Waals surface area (Å²) in [7, 11) is 0. The summed E-state index contributed by atoms with van der Waals surface area (Å²) in [6.45, 7) is 2.27. The minimum Gasteiger partial charge on any atom is -0.192 e.